The molecule has 0 amide bonds. The molecule has 0 unspecified atom stereocenters. The van der Waals surface area contributed by atoms with Crippen molar-refractivity contribution >= 4 is 0 Å². The van der Waals surface area contributed by atoms with Gasteiger partial charge in [-0.05, 0) is 57.6 Å². The number of nitrogens with zero attached hydrogens (tertiary/aromatic N) is 1. The van der Waals surface area contributed by atoms with Crippen LogP contribution in [0.1, 0.15) is 56.0 Å². The summed E-state index contributed by atoms with van der Waals surface area (Å²) in [4.78, 5) is 12.5. The Kier molecular flexibility index (Phi) is 3.02. The fourth-order valence-electron chi connectivity index (χ4n) is 2.95. The molecular formula is C15H22N2O. The molecule has 2 aliphatic rings. The third kappa shape index (κ3) is 2.12. The molecule has 3 heteroatoms. The van der Waals surface area contributed by atoms with Crippen LogP contribution in [0, 0.1) is 0 Å². The van der Waals surface area contributed by atoms with Gasteiger partial charge in [0.15, 0.2) is 0 Å². The fourth-order valence-corrected chi connectivity index (χ4v) is 2.95. The predicted octanol–water partition coefficient (Wildman–Crippen LogP) is 2.17. The van der Waals surface area contributed by atoms with E-state index in [0.717, 1.165) is 24.9 Å². The fraction of sp³-hybridized carbons (Fsp3) is 0.667. The molecule has 1 aromatic heterocycles. The molecule has 0 aromatic carbocycles. The molecule has 1 heterocycles. The van der Waals surface area contributed by atoms with Gasteiger partial charge in [0.25, 0.3) is 5.56 Å². The first-order chi connectivity index (χ1) is 8.66. The molecular weight excluding hydrogens is 224 g/mol. The van der Waals surface area contributed by atoms with E-state index in [1.54, 1.807) is 0 Å². The number of nitrogens with one attached hydrogen (secondary N) is 1. The van der Waals surface area contributed by atoms with Crippen molar-refractivity contribution in [3.63, 3.8) is 0 Å². The number of aryl methyl sites for hydroxylation is 1. The van der Waals surface area contributed by atoms with Crippen LogP contribution in [-0.4, -0.2) is 10.6 Å². The lowest BCUT2D eigenvalue weighted by Gasteiger charge is -2.18. The number of rotatable bonds is 4. The average Bonchev–Trinajstić information content (AvgIpc) is 3.04. The minimum absolute atomic E-state index is 0.221. The van der Waals surface area contributed by atoms with Crippen molar-refractivity contribution in [3.8, 4) is 0 Å². The Morgan fingerprint density at radius 2 is 2.17 bits per heavy atom. The van der Waals surface area contributed by atoms with E-state index in [4.69, 9.17) is 0 Å². The quantitative estimate of drug-likeness (QED) is 0.883. The standard InChI is InChI=1S/C15H22N2O/c1-10(2)17-14-5-3-4-11(14)8-12(15(17)18)9-16-13-6-7-13/h8,10,13,16H,3-7,9H2,1-2H3. The number of fused-ring (bicyclic) bond motifs is 1. The van der Waals surface area contributed by atoms with Gasteiger partial charge in [-0.15, -0.1) is 0 Å². The van der Waals surface area contributed by atoms with Crippen LogP contribution >= 0.6 is 0 Å². The summed E-state index contributed by atoms with van der Waals surface area (Å²) in [7, 11) is 0. The van der Waals surface area contributed by atoms with Crippen molar-refractivity contribution in [1.82, 2.24) is 9.88 Å². The van der Waals surface area contributed by atoms with Gasteiger partial charge in [-0.2, -0.15) is 0 Å². The second-order valence-electron chi connectivity index (χ2n) is 5.92. The van der Waals surface area contributed by atoms with Crippen LogP contribution in [0.15, 0.2) is 10.9 Å². The first kappa shape index (κ1) is 12.0. The van der Waals surface area contributed by atoms with E-state index >= 15 is 0 Å². The average molecular weight is 246 g/mol. The number of pyridine rings is 1. The van der Waals surface area contributed by atoms with Gasteiger partial charge < -0.3 is 9.88 Å². The second-order valence-corrected chi connectivity index (χ2v) is 5.92. The van der Waals surface area contributed by atoms with E-state index in [0.29, 0.717) is 6.04 Å². The summed E-state index contributed by atoms with van der Waals surface area (Å²) < 4.78 is 2.02. The minimum Gasteiger partial charge on any atom is -0.310 e. The van der Waals surface area contributed by atoms with Crippen molar-refractivity contribution in [2.24, 2.45) is 0 Å². The predicted molar refractivity (Wildman–Crippen MR) is 73.0 cm³/mol. The number of hydrogen-bond donors (Lipinski definition) is 1. The summed E-state index contributed by atoms with van der Waals surface area (Å²) in [5, 5.41) is 3.46. The van der Waals surface area contributed by atoms with Crippen LogP contribution in [0.2, 0.25) is 0 Å². The van der Waals surface area contributed by atoms with E-state index in [9.17, 15) is 4.79 Å². The van der Waals surface area contributed by atoms with E-state index in [1.165, 1.54) is 30.5 Å². The highest BCUT2D eigenvalue weighted by molar-refractivity contribution is 5.31. The molecule has 0 saturated heterocycles. The van der Waals surface area contributed by atoms with Crippen molar-refractivity contribution in [3.05, 3.63) is 33.2 Å². The highest BCUT2D eigenvalue weighted by Crippen LogP contribution is 2.24. The molecule has 0 radical (unpaired) electrons. The smallest absolute Gasteiger partial charge is 0.255 e. The zero-order valence-electron chi connectivity index (χ0n) is 11.3. The Bertz CT molecular complexity index is 512. The van der Waals surface area contributed by atoms with Gasteiger partial charge in [-0.25, -0.2) is 0 Å². The maximum absolute atomic E-state index is 12.5. The van der Waals surface area contributed by atoms with Gasteiger partial charge in [0.05, 0.1) is 0 Å². The summed E-state index contributed by atoms with van der Waals surface area (Å²) in [5.74, 6) is 0. The van der Waals surface area contributed by atoms with Crippen LogP contribution in [0.4, 0.5) is 0 Å². The lowest BCUT2D eigenvalue weighted by atomic mass is 10.1. The summed E-state index contributed by atoms with van der Waals surface area (Å²) in [5.41, 5.74) is 3.86. The summed E-state index contributed by atoms with van der Waals surface area (Å²) >= 11 is 0. The van der Waals surface area contributed by atoms with E-state index < -0.39 is 0 Å². The molecule has 98 valence electrons. The SMILES string of the molecule is CC(C)n1c2c(cc(CNC3CC3)c1=O)CCC2. The van der Waals surface area contributed by atoms with Gasteiger partial charge in [0.2, 0.25) is 0 Å². The van der Waals surface area contributed by atoms with Crippen molar-refractivity contribution in [2.75, 3.05) is 0 Å². The number of aromatic nitrogens is 1. The van der Waals surface area contributed by atoms with Gasteiger partial charge in [0, 0.05) is 29.9 Å². The molecule has 1 fully saturated rings. The van der Waals surface area contributed by atoms with Crippen molar-refractivity contribution in [2.45, 2.75) is 64.6 Å². The normalized spacial score (nSPS) is 18.4. The maximum Gasteiger partial charge on any atom is 0.255 e. The zero-order valence-corrected chi connectivity index (χ0v) is 11.3. The largest absolute Gasteiger partial charge is 0.310 e. The molecule has 0 atom stereocenters. The van der Waals surface area contributed by atoms with Crippen LogP contribution in [-0.2, 0) is 19.4 Å². The van der Waals surface area contributed by atoms with Crippen LogP contribution in [0.25, 0.3) is 0 Å². The minimum atomic E-state index is 0.221. The third-order valence-corrected chi connectivity index (χ3v) is 4.04. The molecule has 0 spiro atoms. The first-order valence-corrected chi connectivity index (χ1v) is 7.16. The lowest BCUT2D eigenvalue weighted by Crippen LogP contribution is -2.31. The third-order valence-electron chi connectivity index (χ3n) is 4.04. The second kappa shape index (κ2) is 4.54. The van der Waals surface area contributed by atoms with Gasteiger partial charge in [0.1, 0.15) is 0 Å². The number of hydrogen-bond acceptors (Lipinski definition) is 2. The van der Waals surface area contributed by atoms with Crippen LogP contribution in [0.3, 0.4) is 0 Å². The maximum atomic E-state index is 12.5. The Morgan fingerprint density at radius 1 is 1.39 bits per heavy atom. The molecule has 18 heavy (non-hydrogen) atoms. The highest BCUT2D eigenvalue weighted by atomic mass is 16.1. The van der Waals surface area contributed by atoms with E-state index in [2.05, 4.69) is 25.2 Å². The first-order valence-electron chi connectivity index (χ1n) is 7.16. The van der Waals surface area contributed by atoms with Crippen molar-refractivity contribution in [1.29, 1.82) is 0 Å². The topological polar surface area (TPSA) is 34.0 Å². The molecule has 3 nitrogen and oxygen atoms in total. The monoisotopic (exact) mass is 246 g/mol. The Labute approximate surface area is 108 Å². The lowest BCUT2D eigenvalue weighted by molar-refractivity contribution is 0.544. The molecule has 1 saturated carbocycles. The summed E-state index contributed by atoms with van der Waals surface area (Å²) in [6, 6.07) is 3.08. The molecule has 0 bridgehead atoms. The molecule has 3 rings (SSSR count). The summed E-state index contributed by atoms with van der Waals surface area (Å²) in [6.07, 6.45) is 5.94. The van der Waals surface area contributed by atoms with Crippen molar-refractivity contribution < 1.29 is 0 Å². The Hall–Kier alpha value is -1.09. The molecule has 1 aromatic rings. The Morgan fingerprint density at radius 3 is 2.83 bits per heavy atom. The summed E-state index contributed by atoms with van der Waals surface area (Å²) in [6.45, 7) is 4.96. The highest BCUT2D eigenvalue weighted by Gasteiger charge is 2.23. The van der Waals surface area contributed by atoms with E-state index in [1.807, 2.05) is 4.57 Å². The molecule has 2 aliphatic carbocycles. The van der Waals surface area contributed by atoms with Crippen LogP contribution < -0.4 is 10.9 Å². The van der Waals surface area contributed by atoms with Crippen LogP contribution in [0.5, 0.6) is 0 Å². The zero-order chi connectivity index (χ0) is 12.7. The molecule has 0 aliphatic heterocycles. The van der Waals surface area contributed by atoms with E-state index in [-0.39, 0.29) is 11.6 Å². The van der Waals surface area contributed by atoms with Gasteiger partial charge in [-0.1, -0.05) is 0 Å². The van der Waals surface area contributed by atoms with Gasteiger partial charge in [-0.3, -0.25) is 4.79 Å². The Balaban J connectivity index is 1.98. The molecule has 1 N–H and O–H groups in total. The van der Waals surface area contributed by atoms with Gasteiger partial charge >= 0.3 is 0 Å².